The summed E-state index contributed by atoms with van der Waals surface area (Å²) >= 11 is 0. The van der Waals surface area contributed by atoms with Crippen molar-refractivity contribution in [1.29, 1.82) is 0 Å². The molecule has 3 heteroatoms. The number of nitrogens with zero attached hydrogens (tertiary/aromatic N) is 2. The first-order chi connectivity index (χ1) is 4.58. The third-order valence-corrected chi connectivity index (χ3v) is 1.36. The van der Waals surface area contributed by atoms with Crippen LogP contribution in [0.3, 0.4) is 0 Å². The van der Waals surface area contributed by atoms with E-state index in [1.165, 1.54) is 0 Å². The van der Waals surface area contributed by atoms with Crippen molar-refractivity contribution in [2.45, 2.75) is 13.8 Å². The quantitative estimate of drug-likeness (QED) is 0.448. The van der Waals surface area contributed by atoms with Crippen LogP contribution in [-0.2, 0) is 0 Å². The molecule has 0 saturated heterocycles. The molecule has 10 heavy (non-hydrogen) atoms. The minimum absolute atomic E-state index is 0.0404. The third kappa shape index (κ3) is 1.92. The molecule has 0 rings (SSSR count). The molecule has 0 spiro atoms. The zero-order valence-corrected chi connectivity index (χ0v) is 6.76. The van der Waals surface area contributed by atoms with Gasteiger partial charge in [-0.1, -0.05) is 13.8 Å². The van der Waals surface area contributed by atoms with Gasteiger partial charge in [-0.05, 0) is 6.72 Å². The van der Waals surface area contributed by atoms with Gasteiger partial charge in [-0.3, -0.25) is 4.99 Å². The number of aliphatic imine (C=N–C) groups is 2. The average Bonchev–Trinajstić information content (AvgIpc) is 1.90. The predicted octanol–water partition coefficient (Wildman–Crippen LogP) is 0.734. The van der Waals surface area contributed by atoms with Crippen LogP contribution >= 0.6 is 0 Å². The van der Waals surface area contributed by atoms with E-state index < -0.39 is 0 Å². The summed E-state index contributed by atoms with van der Waals surface area (Å²) in [7, 11) is 1.64. The van der Waals surface area contributed by atoms with Crippen LogP contribution in [-0.4, -0.2) is 31.3 Å². The van der Waals surface area contributed by atoms with Crippen LogP contribution in [0.1, 0.15) is 13.8 Å². The Morgan fingerprint density at radius 2 is 2.10 bits per heavy atom. The fourth-order valence-corrected chi connectivity index (χ4v) is 0.658. The van der Waals surface area contributed by atoms with Crippen molar-refractivity contribution >= 4 is 12.6 Å². The van der Waals surface area contributed by atoms with Crippen LogP contribution in [0, 0.1) is 5.41 Å². The Morgan fingerprint density at radius 3 is 2.20 bits per heavy atom. The maximum Gasteiger partial charge on any atom is 0.130 e. The maximum atomic E-state index is 8.86. The Morgan fingerprint density at radius 1 is 1.60 bits per heavy atom. The van der Waals surface area contributed by atoms with Crippen LogP contribution in [0.25, 0.3) is 0 Å². The van der Waals surface area contributed by atoms with Gasteiger partial charge in [0.1, 0.15) is 5.84 Å². The second kappa shape index (κ2) is 3.46. The monoisotopic (exact) mass is 142 g/mol. The number of aliphatic hydroxyl groups is 1. The summed E-state index contributed by atoms with van der Waals surface area (Å²) in [4.78, 5) is 7.57. The summed E-state index contributed by atoms with van der Waals surface area (Å²) in [5, 5.41) is 8.86. The smallest absolute Gasteiger partial charge is 0.130 e. The van der Waals surface area contributed by atoms with E-state index in [0.29, 0.717) is 5.84 Å². The molecule has 0 bridgehead atoms. The molecular weight excluding hydrogens is 128 g/mol. The van der Waals surface area contributed by atoms with Gasteiger partial charge in [-0.15, -0.1) is 0 Å². The number of hydrogen-bond donors (Lipinski definition) is 1. The summed E-state index contributed by atoms with van der Waals surface area (Å²) < 4.78 is 0. The van der Waals surface area contributed by atoms with Gasteiger partial charge >= 0.3 is 0 Å². The highest BCUT2D eigenvalue weighted by atomic mass is 16.3. The molecule has 0 unspecified atom stereocenters. The lowest BCUT2D eigenvalue weighted by Gasteiger charge is -2.19. The van der Waals surface area contributed by atoms with Crippen LogP contribution < -0.4 is 0 Å². The molecule has 0 aliphatic heterocycles. The standard InChI is InChI=1S/C7H14N2O/c1-7(2,5-10)6(8-3)9-4/h10H,3,5H2,1-2,4H3. The van der Waals surface area contributed by atoms with Crippen molar-refractivity contribution in [1.82, 2.24) is 0 Å². The van der Waals surface area contributed by atoms with E-state index in [1.807, 2.05) is 13.8 Å². The Kier molecular flexibility index (Phi) is 3.22. The van der Waals surface area contributed by atoms with E-state index >= 15 is 0 Å². The molecule has 1 N–H and O–H groups in total. The Bertz CT molecular complexity index is 150. The third-order valence-electron chi connectivity index (χ3n) is 1.36. The van der Waals surface area contributed by atoms with Crippen LogP contribution in [0.4, 0.5) is 0 Å². The van der Waals surface area contributed by atoms with Gasteiger partial charge in [0.15, 0.2) is 0 Å². The molecule has 3 nitrogen and oxygen atoms in total. The van der Waals surface area contributed by atoms with Crippen molar-refractivity contribution in [3.05, 3.63) is 0 Å². The number of hydrogen-bond acceptors (Lipinski definition) is 2. The molecule has 0 fully saturated rings. The molecule has 0 amide bonds. The molecule has 0 aromatic carbocycles. The lowest BCUT2D eigenvalue weighted by molar-refractivity contribution is 0.212. The largest absolute Gasteiger partial charge is 0.395 e. The van der Waals surface area contributed by atoms with Gasteiger partial charge in [-0.2, -0.15) is 0 Å². The fourth-order valence-electron chi connectivity index (χ4n) is 0.658. The molecular formula is C7H14N2O. The summed E-state index contributed by atoms with van der Waals surface area (Å²) in [5.74, 6) is 0.593. The van der Waals surface area contributed by atoms with Gasteiger partial charge in [0.2, 0.25) is 0 Å². The van der Waals surface area contributed by atoms with Crippen LogP contribution in [0.5, 0.6) is 0 Å². The normalized spacial score (nSPS) is 13.4. The summed E-state index contributed by atoms with van der Waals surface area (Å²) in [6.45, 7) is 7.12. The molecule has 0 heterocycles. The van der Waals surface area contributed by atoms with Crippen LogP contribution in [0.2, 0.25) is 0 Å². The van der Waals surface area contributed by atoms with Gasteiger partial charge in [-0.25, -0.2) is 4.99 Å². The average molecular weight is 142 g/mol. The van der Waals surface area contributed by atoms with E-state index in [0.717, 1.165) is 0 Å². The minimum Gasteiger partial charge on any atom is -0.395 e. The molecule has 0 aromatic heterocycles. The van der Waals surface area contributed by atoms with Gasteiger partial charge in [0.05, 0.1) is 6.61 Å². The zero-order chi connectivity index (χ0) is 8.20. The first kappa shape index (κ1) is 9.30. The Balaban J connectivity index is 4.43. The second-order valence-corrected chi connectivity index (χ2v) is 2.75. The summed E-state index contributed by atoms with van der Waals surface area (Å²) in [6.07, 6.45) is 0. The fraction of sp³-hybridized carbons (Fsp3) is 0.714. The Hall–Kier alpha value is -0.700. The highest BCUT2D eigenvalue weighted by molar-refractivity contribution is 5.90. The van der Waals surface area contributed by atoms with Gasteiger partial charge < -0.3 is 5.11 Å². The van der Waals surface area contributed by atoms with Crippen LogP contribution in [0.15, 0.2) is 9.98 Å². The van der Waals surface area contributed by atoms with Crippen molar-refractivity contribution in [2.75, 3.05) is 13.7 Å². The molecule has 0 aromatic rings. The summed E-state index contributed by atoms with van der Waals surface area (Å²) in [5.41, 5.74) is -0.365. The number of rotatable bonds is 2. The van der Waals surface area contributed by atoms with Gasteiger partial charge in [0.25, 0.3) is 0 Å². The molecule has 0 radical (unpaired) electrons. The minimum atomic E-state index is -0.365. The van der Waals surface area contributed by atoms with E-state index in [9.17, 15) is 0 Å². The van der Waals surface area contributed by atoms with E-state index in [1.54, 1.807) is 7.05 Å². The number of aliphatic hydroxyl groups excluding tert-OH is 1. The predicted molar refractivity (Wildman–Crippen MR) is 43.8 cm³/mol. The van der Waals surface area contributed by atoms with Crippen molar-refractivity contribution in [2.24, 2.45) is 15.4 Å². The molecule has 58 valence electrons. The van der Waals surface area contributed by atoms with E-state index in [-0.39, 0.29) is 12.0 Å². The SMILES string of the molecule is C=NC(=NC)C(C)(C)CO. The van der Waals surface area contributed by atoms with E-state index in [2.05, 4.69) is 16.7 Å². The van der Waals surface area contributed by atoms with Crippen molar-refractivity contribution < 1.29 is 5.11 Å². The molecule has 0 saturated carbocycles. The Labute approximate surface area is 61.5 Å². The summed E-state index contributed by atoms with van der Waals surface area (Å²) in [6, 6.07) is 0. The molecule has 0 atom stereocenters. The van der Waals surface area contributed by atoms with E-state index in [4.69, 9.17) is 5.11 Å². The lowest BCUT2D eigenvalue weighted by Crippen LogP contribution is -2.26. The zero-order valence-electron chi connectivity index (χ0n) is 6.76. The van der Waals surface area contributed by atoms with Crippen molar-refractivity contribution in [3.8, 4) is 0 Å². The highest BCUT2D eigenvalue weighted by Crippen LogP contribution is 2.16. The number of amidine groups is 1. The van der Waals surface area contributed by atoms with Gasteiger partial charge in [0, 0.05) is 12.5 Å². The molecule has 0 aliphatic rings. The molecule has 0 aliphatic carbocycles. The van der Waals surface area contributed by atoms with Crippen molar-refractivity contribution in [3.63, 3.8) is 0 Å². The lowest BCUT2D eigenvalue weighted by atomic mass is 9.93. The highest BCUT2D eigenvalue weighted by Gasteiger charge is 2.22. The maximum absolute atomic E-state index is 8.86. The topological polar surface area (TPSA) is 45.0 Å². The second-order valence-electron chi connectivity index (χ2n) is 2.75. The first-order valence-electron chi connectivity index (χ1n) is 3.13. The first-order valence-corrected chi connectivity index (χ1v) is 3.13.